The Morgan fingerprint density at radius 3 is 2.45 bits per heavy atom. The molecule has 0 saturated heterocycles. The van der Waals surface area contributed by atoms with E-state index in [0.717, 1.165) is 28.8 Å². The van der Waals surface area contributed by atoms with Gasteiger partial charge in [0, 0.05) is 36.1 Å². The van der Waals surface area contributed by atoms with E-state index in [4.69, 9.17) is 4.52 Å². The molecule has 0 radical (unpaired) electrons. The monoisotopic (exact) mass is 455 g/mol. The van der Waals surface area contributed by atoms with Gasteiger partial charge in [0.1, 0.15) is 6.33 Å². The number of carbonyl (C=O) groups is 1. The van der Waals surface area contributed by atoms with Crippen LogP contribution in [0.15, 0.2) is 78.0 Å². The van der Waals surface area contributed by atoms with Gasteiger partial charge in [-0.1, -0.05) is 30.3 Å². The highest BCUT2D eigenvalue weighted by Crippen LogP contribution is 2.30. The number of amides is 2. The zero-order valence-electron chi connectivity index (χ0n) is 17.2. The summed E-state index contributed by atoms with van der Waals surface area (Å²) >= 11 is 0. The van der Waals surface area contributed by atoms with Gasteiger partial charge in [-0.05, 0) is 28.4 Å². The highest BCUT2D eigenvalue weighted by atomic mass is 19.4. The molecule has 2 heterocycles. The normalized spacial score (nSPS) is 12.2. The van der Waals surface area contributed by atoms with E-state index < -0.39 is 17.8 Å². The first-order valence-corrected chi connectivity index (χ1v) is 9.78. The number of nitrogens with zero attached hydrogens (tertiary/aromatic N) is 4. The molecule has 0 unspecified atom stereocenters. The fraction of sp³-hybridized carbons (Fsp3) is 0.136. The number of halogens is 3. The Kier molecular flexibility index (Phi) is 6.03. The zero-order valence-corrected chi connectivity index (χ0v) is 17.2. The average molecular weight is 455 g/mol. The van der Waals surface area contributed by atoms with Crippen LogP contribution in [0.2, 0.25) is 0 Å². The third kappa shape index (κ3) is 5.32. The number of aromatic nitrogens is 4. The van der Waals surface area contributed by atoms with Gasteiger partial charge in [-0.2, -0.15) is 13.2 Å². The maximum absolute atomic E-state index is 12.8. The predicted octanol–water partition coefficient (Wildman–Crippen LogP) is 4.69. The summed E-state index contributed by atoms with van der Waals surface area (Å²) in [6, 6.07) is 11.1. The van der Waals surface area contributed by atoms with Crippen molar-refractivity contribution in [2.45, 2.75) is 19.1 Å². The maximum atomic E-state index is 12.8. The Balaban J connectivity index is 1.40. The predicted molar refractivity (Wildman–Crippen MR) is 112 cm³/mol. The van der Waals surface area contributed by atoms with E-state index in [9.17, 15) is 18.0 Å². The van der Waals surface area contributed by atoms with Crippen LogP contribution < -0.4 is 15.3 Å². The van der Waals surface area contributed by atoms with Crippen LogP contribution in [0, 0.1) is 0 Å². The van der Waals surface area contributed by atoms with Gasteiger partial charge in [0.05, 0.1) is 5.56 Å². The highest BCUT2D eigenvalue weighted by molar-refractivity contribution is 5.98. The number of carbonyl (C=O) groups excluding carboxylic acids is 1. The van der Waals surface area contributed by atoms with Crippen molar-refractivity contribution in [2.24, 2.45) is 0 Å². The van der Waals surface area contributed by atoms with Crippen LogP contribution in [0.3, 0.4) is 0 Å². The van der Waals surface area contributed by atoms with Gasteiger partial charge >= 0.3 is 18.1 Å². The van der Waals surface area contributed by atoms with Crippen molar-refractivity contribution in [3.8, 4) is 11.1 Å². The average Bonchev–Trinajstić information content (AvgIpc) is 3.27. The number of alkyl halides is 3. The van der Waals surface area contributed by atoms with Crippen LogP contribution in [0.1, 0.15) is 24.1 Å². The number of nitrogens with one attached hydrogen (secondary N) is 2. The Hall–Kier alpha value is -4.28. The second-order valence-electron chi connectivity index (χ2n) is 7.13. The lowest BCUT2D eigenvalue weighted by molar-refractivity contribution is -0.774. The van der Waals surface area contributed by atoms with Gasteiger partial charge in [-0.3, -0.25) is 9.84 Å². The molecule has 0 aliphatic carbocycles. The molecule has 0 fully saturated rings. The largest absolute Gasteiger partial charge is 0.416 e. The summed E-state index contributed by atoms with van der Waals surface area (Å²) in [5, 5.41) is 8.66. The minimum absolute atomic E-state index is 0.00742. The maximum Gasteiger partial charge on any atom is 0.416 e. The number of urea groups is 1. The lowest BCUT2D eigenvalue weighted by Gasteiger charge is -2.09. The number of hydrogen-bond donors (Lipinski definition) is 2. The quantitative estimate of drug-likeness (QED) is 0.426. The van der Waals surface area contributed by atoms with E-state index in [1.165, 1.54) is 29.3 Å². The summed E-state index contributed by atoms with van der Waals surface area (Å²) < 4.78 is 45.1. The second kappa shape index (κ2) is 9.07. The first-order chi connectivity index (χ1) is 15.8. The van der Waals surface area contributed by atoms with E-state index in [1.807, 2.05) is 31.2 Å². The van der Waals surface area contributed by atoms with Gasteiger partial charge in [-0.15, -0.1) is 0 Å². The van der Waals surface area contributed by atoms with E-state index in [1.54, 1.807) is 12.4 Å². The van der Waals surface area contributed by atoms with Crippen LogP contribution in [0.4, 0.5) is 29.5 Å². The number of hydrogen-bond acceptors (Lipinski definition) is 5. The molecule has 0 spiro atoms. The highest BCUT2D eigenvalue weighted by Gasteiger charge is 2.30. The van der Waals surface area contributed by atoms with Gasteiger partial charge in [0.25, 0.3) is 6.20 Å². The molecule has 4 rings (SSSR count). The Bertz CT molecular complexity index is 1240. The van der Waals surface area contributed by atoms with Crippen molar-refractivity contribution < 1.29 is 27.2 Å². The Morgan fingerprint density at radius 1 is 1.03 bits per heavy atom. The molecule has 168 valence electrons. The third-order valence-electron chi connectivity index (χ3n) is 4.85. The van der Waals surface area contributed by atoms with Crippen LogP contribution in [0.5, 0.6) is 0 Å². The van der Waals surface area contributed by atoms with Crippen molar-refractivity contribution in [1.29, 1.82) is 0 Å². The zero-order chi connectivity index (χ0) is 23.4. The molecule has 0 aliphatic rings. The fourth-order valence-corrected chi connectivity index (χ4v) is 3.10. The van der Waals surface area contributed by atoms with Crippen molar-refractivity contribution >= 4 is 17.6 Å². The molecule has 2 aromatic heterocycles. The summed E-state index contributed by atoms with van der Waals surface area (Å²) in [5.74, 6) is 0.0318. The van der Waals surface area contributed by atoms with E-state index in [-0.39, 0.29) is 17.6 Å². The Morgan fingerprint density at radius 2 is 1.76 bits per heavy atom. The first-order valence-electron chi connectivity index (χ1n) is 9.78. The molecule has 0 aliphatic heterocycles. The molecule has 2 amide bonds. The van der Waals surface area contributed by atoms with Crippen molar-refractivity contribution in [3.05, 3.63) is 84.6 Å². The summed E-state index contributed by atoms with van der Waals surface area (Å²) in [6.07, 6.45) is 1.89. The van der Waals surface area contributed by atoms with Crippen LogP contribution in [-0.2, 0) is 6.18 Å². The van der Waals surface area contributed by atoms with Gasteiger partial charge in [-0.25, -0.2) is 14.8 Å². The standard InChI is InChI=1S/C22H17F3N6O2/c1-14(15-5-7-16(8-6-15)17-10-26-13-27-11-17)31-12-20(33-30-31)29-21(32)28-19-4-2-3-18(9-19)22(23,24)25/h2-14H,1H3,(H-,28,29,30,32)/p+1/t14-/m1/s1. The number of anilines is 2. The van der Waals surface area contributed by atoms with Crippen molar-refractivity contribution in [1.82, 2.24) is 15.2 Å². The molecule has 2 aromatic carbocycles. The van der Waals surface area contributed by atoms with Crippen LogP contribution in [-0.4, -0.2) is 21.3 Å². The molecule has 33 heavy (non-hydrogen) atoms. The SMILES string of the molecule is C[C@H](c1ccc(-c2cncnc2)cc1)[n+]1cc(NC(=O)Nc2cccc(C(F)(F)F)c2)on1. The molecule has 0 saturated carbocycles. The molecule has 1 atom stereocenters. The van der Waals surface area contributed by atoms with Crippen molar-refractivity contribution in [2.75, 3.05) is 10.6 Å². The van der Waals surface area contributed by atoms with Gasteiger partial charge in [0.2, 0.25) is 11.3 Å². The van der Waals surface area contributed by atoms with Gasteiger partial charge < -0.3 is 5.32 Å². The molecule has 0 bridgehead atoms. The van der Waals surface area contributed by atoms with Crippen LogP contribution in [0.25, 0.3) is 11.1 Å². The number of benzene rings is 2. The summed E-state index contributed by atoms with van der Waals surface area (Å²) in [6.45, 7) is 1.90. The summed E-state index contributed by atoms with van der Waals surface area (Å²) in [7, 11) is 0. The molecule has 4 aromatic rings. The smallest absolute Gasteiger partial charge is 0.308 e. The molecular formula is C22H18F3N6O2+. The van der Waals surface area contributed by atoms with Gasteiger partial charge in [0.15, 0.2) is 0 Å². The number of rotatable bonds is 5. The lowest BCUT2D eigenvalue weighted by Crippen LogP contribution is -2.39. The van der Waals surface area contributed by atoms with E-state index in [0.29, 0.717) is 0 Å². The Labute approximate surface area is 186 Å². The minimum atomic E-state index is -4.51. The fourth-order valence-electron chi connectivity index (χ4n) is 3.10. The molecule has 11 heteroatoms. The summed E-state index contributed by atoms with van der Waals surface area (Å²) in [4.78, 5) is 20.2. The van der Waals surface area contributed by atoms with E-state index >= 15 is 0 Å². The summed E-state index contributed by atoms with van der Waals surface area (Å²) in [5.41, 5.74) is 1.92. The van der Waals surface area contributed by atoms with E-state index in [2.05, 4.69) is 25.9 Å². The molecule has 8 nitrogen and oxygen atoms in total. The first kappa shape index (κ1) is 21.9. The minimum Gasteiger partial charge on any atom is -0.308 e. The second-order valence-corrected chi connectivity index (χ2v) is 7.13. The molecular weight excluding hydrogens is 437 g/mol. The topological polar surface area (TPSA) is 96.8 Å². The molecule has 2 N–H and O–H groups in total. The van der Waals surface area contributed by atoms with Crippen molar-refractivity contribution in [3.63, 3.8) is 0 Å². The lowest BCUT2D eigenvalue weighted by atomic mass is 10.0. The third-order valence-corrected chi connectivity index (χ3v) is 4.85. The van der Waals surface area contributed by atoms with Crippen LogP contribution >= 0.6 is 0 Å².